The number of nitrogens with zero attached hydrogens (tertiary/aromatic N) is 3. The first kappa shape index (κ1) is 17.0. The predicted molar refractivity (Wildman–Crippen MR) is 102 cm³/mol. The van der Waals surface area contributed by atoms with Gasteiger partial charge < -0.3 is 10.1 Å². The lowest BCUT2D eigenvalue weighted by atomic mass is 10.1. The van der Waals surface area contributed by atoms with Crippen LogP contribution in [0.1, 0.15) is 29.8 Å². The molecule has 142 valence electrons. The summed E-state index contributed by atoms with van der Waals surface area (Å²) in [6.45, 7) is 2.75. The molecule has 1 N–H and O–H groups in total. The topological polar surface area (TPSA) is 59.4 Å². The maximum Gasteiger partial charge on any atom is 0.269 e. The second-order valence-corrected chi connectivity index (χ2v) is 8.13. The Labute approximate surface area is 159 Å². The van der Waals surface area contributed by atoms with E-state index in [2.05, 4.69) is 15.3 Å². The van der Waals surface area contributed by atoms with E-state index in [9.17, 15) is 4.79 Å². The van der Waals surface area contributed by atoms with Crippen LogP contribution in [0.15, 0.2) is 36.4 Å². The lowest BCUT2D eigenvalue weighted by Gasteiger charge is -2.35. The minimum atomic E-state index is -0.0447. The monoisotopic (exact) mass is 366 g/mol. The lowest BCUT2D eigenvalue weighted by molar-refractivity contribution is -0.0581. The SMILES string of the molecule is Cn1nc(-c2ccccc2)cc1C(=O)N[C@H]1C[C@H]2CO[C@H](C3CC3)CN2C1. The standard InChI is InChI=1S/C21H26N4O2/c1-24-19(10-18(23-24)14-5-3-2-4-6-14)21(26)22-16-9-17-13-27-20(15-7-8-15)12-25(17)11-16/h2-6,10,15-17,20H,7-9,11-13H2,1H3,(H,22,26)/t16-,17-,20-/m0/s1. The zero-order chi connectivity index (χ0) is 18.4. The second kappa shape index (κ2) is 6.77. The summed E-state index contributed by atoms with van der Waals surface area (Å²) in [4.78, 5) is 15.3. The van der Waals surface area contributed by atoms with Gasteiger partial charge in [-0.3, -0.25) is 14.4 Å². The molecule has 0 spiro atoms. The smallest absolute Gasteiger partial charge is 0.269 e. The summed E-state index contributed by atoms with van der Waals surface area (Å²) in [7, 11) is 1.83. The highest BCUT2D eigenvalue weighted by molar-refractivity contribution is 5.94. The average Bonchev–Trinajstić information content (AvgIpc) is 3.34. The molecular formula is C21H26N4O2. The molecule has 0 bridgehead atoms. The van der Waals surface area contributed by atoms with Gasteiger partial charge in [0.25, 0.3) is 5.91 Å². The largest absolute Gasteiger partial charge is 0.375 e. The summed E-state index contributed by atoms with van der Waals surface area (Å²) in [5, 5.41) is 7.73. The van der Waals surface area contributed by atoms with E-state index in [-0.39, 0.29) is 11.9 Å². The number of carbonyl (C=O) groups excluding carboxylic acids is 1. The molecule has 2 aliphatic heterocycles. The Hall–Kier alpha value is -2.18. The molecule has 27 heavy (non-hydrogen) atoms. The van der Waals surface area contributed by atoms with Crippen LogP contribution in [0.25, 0.3) is 11.3 Å². The molecule has 1 amide bonds. The second-order valence-electron chi connectivity index (χ2n) is 8.13. The molecule has 0 radical (unpaired) electrons. The van der Waals surface area contributed by atoms with Crippen LogP contribution in [0.3, 0.4) is 0 Å². The van der Waals surface area contributed by atoms with Gasteiger partial charge in [-0.25, -0.2) is 0 Å². The Balaban J connectivity index is 1.24. The molecule has 1 aromatic heterocycles. The zero-order valence-corrected chi connectivity index (χ0v) is 15.7. The van der Waals surface area contributed by atoms with Gasteiger partial charge in [0.1, 0.15) is 5.69 Å². The first-order valence-electron chi connectivity index (χ1n) is 9.93. The van der Waals surface area contributed by atoms with Gasteiger partial charge in [0, 0.05) is 37.8 Å². The fourth-order valence-corrected chi connectivity index (χ4v) is 4.45. The fraction of sp³-hybridized carbons (Fsp3) is 0.524. The minimum Gasteiger partial charge on any atom is -0.375 e. The lowest BCUT2D eigenvalue weighted by Crippen LogP contribution is -2.47. The number of aromatic nitrogens is 2. The van der Waals surface area contributed by atoms with Crippen molar-refractivity contribution in [1.29, 1.82) is 0 Å². The van der Waals surface area contributed by atoms with Crippen LogP contribution >= 0.6 is 0 Å². The van der Waals surface area contributed by atoms with Crippen LogP contribution in [-0.2, 0) is 11.8 Å². The quantitative estimate of drug-likeness (QED) is 0.900. The minimum absolute atomic E-state index is 0.0447. The maximum atomic E-state index is 12.8. The number of fused-ring (bicyclic) bond motifs is 1. The summed E-state index contributed by atoms with van der Waals surface area (Å²) in [5.41, 5.74) is 2.45. The van der Waals surface area contributed by atoms with Gasteiger partial charge in [-0.2, -0.15) is 5.10 Å². The Morgan fingerprint density at radius 3 is 2.81 bits per heavy atom. The van der Waals surface area contributed by atoms with Crippen molar-refractivity contribution >= 4 is 5.91 Å². The summed E-state index contributed by atoms with van der Waals surface area (Å²) in [6, 6.07) is 12.5. The first-order chi connectivity index (χ1) is 13.2. The number of amides is 1. The Morgan fingerprint density at radius 1 is 1.22 bits per heavy atom. The van der Waals surface area contributed by atoms with Gasteiger partial charge in [0.15, 0.2) is 0 Å². The van der Waals surface area contributed by atoms with Crippen molar-refractivity contribution in [2.45, 2.75) is 37.5 Å². The molecule has 2 saturated heterocycles. The normalized spacial score (nSPS) is 28.1. The summed E-state index contributed by atoms with van der Waals surface area (Å²) >= 11 is 0. The molecule has 3 heterocycles. The van der Waals surface area contributed by atoms with E-state index in [0.717, 1.165) is 43.3 Å². The van der Waals surface area contributed by atoms with Gasteiger partial charge in [0.05, 0.1) is 18.4 Å². The van der Waals surface area contributed by atoms with E-state index in [1.165, 1.54) is 12.8 Å². The van der Waals surface area contributed by atoms with Gasteiger partial charge in [0.2, 0.25) is 0 Å². The fourth-order valence-electron chi connectivity index (χ4n) is 4.45. The number of aryl methyl sites for hydroxylation is 1. The van der Waals surface area contributed by atoms with Crippen molar-refractivity contribution in [1.82, 2.24) is 20.0 Å². The van der Waals surface area contributed by atoms with E-state index in [4.69, 9.17) is 4.74 Å². The Morgan fingerprint density at radius 2 is 2.04 bits per heavy atom. The number of ether oxygens (including phenoxy) is 1. The average molecular weight is 366 g/mol. The molecule has 1 aliphatic carbocycles. The van der Waals surface area contributed by atoms with E-state index < -0.39 is 0 Å². The number of morpholine rings is 1. The van der Waals surface area contributed by atoms with Gasteiger partial charge in [-0.15, -0.1) is 0 Å². The van der Waals surface area contributed by atoms with E-state index in [1.807, 2.05) is 43.4 Å². The molecule has 6 nitrogen and oxygen atoms in total. The van der Waals surface area contributed by atoms with Crippen molar-refractivity contribution < 1.29 is 9.53 Å². The van der Waals surface area contributed by atoms with Crippen LogP contribution in [0, 0.1) is 5.92 Å². The van der Waals surface area contributed by atoms with Gasteiger partial charge >= 0.3 is 0 Å². The highest BCUT2D eigenvalue weighted by Crippen LogP contribution is 2.37. The highest BCUT2D eigenvalue weighted by Gasteiger charge is 2.42. The zero-order valence-electron chi connectivity index (χ0n) is 15.7. The van der Waals surface area contributed by atoms with Crippen LogP contribution < -0.4 is 5.32 Å². The van der Waals surface area contributed by atoms with E-state index in [1.54, 1.807) is 4.68 Å². The Bertz CT molecular complexity index is 830. The number of nitrogens with one attached hydrogen (secondary N) is 1. The van der Waals surface area contributed by atoms with Crippen LogP contribution in [-0.4, -0.2) is 58.5 Å². The summed E-state index contributed by atoms with van der Waals surface area (Å²) < 4.78 is 7.73. The molecule has 3 aliphatic rings. The van der Waals surface area contributed by atoms with Gasteiger partial charge in [-0.05, 0) is 31.2 Å². The predicted octanol–water partition coefficient (Wildman–Crippen LogP) is 2.07. The summed E-state index contributed by atoms with van der Waals surface area (Å²) in [5.74, 6) is 0.724. The number of rotatable bonds is 4. The molecular weight excluding hydrogens is 340 g/mol. The summed E-state index contributed by atoms with van der Waals surface area (Å²) in [6.07, 6.45) is 3.99. The third kappa shape index (κ3) is 3.39. The van der Waals surface area contributed by atoms with Crippen molar-refractivity contribution in [3.05, 3.63) is 42.1 Å². The molecule has 6 heteroatoms. The number of carbonyl (C=O) groups is 1. The van der Waals surface area contributed by atoms with E-state index in [0.29, 0.717) is 17.8 Å². The first-order valence-corrected chi connectivity index (χ1v) is 9.93. The van der Waals surface area contributed by atoms with Crippen LogP contribution in [0.2, 0.25) is 0 Å². The van der Waals surface area contributed by atoms with Crippen molar-refractivity contribution in [3.8, 4) is 11.3 Å². The number of hydrogen-bond donors (Lipinski definition) is 1. The van der Waals surface area contributed by atoms with Crippen LogP contribution in [0.5, 0.6) is 0 Å². The molecule has 3 fully saturated rings. The highest BCUT2D eigenvalue weighted by atomic mass is 16.5. The van der Waals surface area contributed by atoms with Crippen molar-refractivity contribution in [2.75, 3.05) is 19.7 Å². The maximum absolute atomic E-state index is 12.8. The third-order valence-corrected chi connectivity index (χ3v) is 6.11. The molecule has 1 aromatic carbocycles. The molecule has 5 rings (SSSR count). The van der Waals surface area contributed by atoms with Gasteiger partial charge in [-0.1, -0.05) is 30.3 Å². The van der Waals surface area contributed by atoms with E-state index >= 15 is 0 Å². The van der Waals surface area contributed by atoms with Crippen molar-refractivity contribution in [2.24, 2.45) is 13.0 Å². The molecule has 3 atom stereocenters. The molecule has 1 saturated carbocycles. The number of benzene rings is 1. The molecule has 2 aromatic rings. The number of hydrogen-bond acceptors (Lipinski definition) is 4. The third-order valence-electron chi connectivity index (χ3n) is 6.11. The Kier molecular flexibility index (Phi) is 4.25. The van der Waals surface area contributed by atoms with Crippen LogP contribution in [0.4, 0.5) is 0 Å². The molecule has 0 unspecified atom stereocenters. The van der Waals surface area contributed by atoms with Crippen molar-refractivity contribution in [3.63, 3.8) is 0 Å².